The van der Waals surface area contributed by atoms with Crippen molar-refractivity contribution in [3.05, 3.63) is 0 Å². The first kappa shape index (κ1) is 12.7. The van der Waals surface area contributed by atoms with Crippen LogP contribution in [0.5, 0.6) is 0 Å². The minimum absolute atomic E-state index is 0.579. The summed E-state index contributed by atoms with van der Waals surface area (Å²) in [6.45, 7) is 4.87. The zero-order valence-electron chi connectivity index (χ0n) is 9.79. The van der Waals surface area contributed by atoms with Gasteiger partial charge in [-0.2, -0.15) is 0 Å². The molecular formula is C11H22N2OS. The highest BCUT2D eigenvalue weighted by Crippen LogP contribution is 2.16. The van der Waals surface area contributed by atoms with Gasteiger partial charge in [0, 0.05) is 26.2 Å². The van der Waals surface area contributed by atoms with E-state index in [1.165, 1.54) is 25.7 Å². The molecule has 1 N–H and O–H groups in total. The van der Waals surface area contributed by atoms with Crippen LogP contribution in [0.2, 0.25) is 0 Å². The lowest BCUT2D eigenvalue weighted by atomic mass is 10.1. The number of rotatable bonds is 3. The number of hydrogen-bond acceptors (Lipinski definition) is 2. The summed E-state index contributed by atoms with van der Waals surface area (Å²) in [6, 6.07) is 0.579. The third-order valence-electron chi connectivity index (χ3n) is 2.90. The molecule has 15 heavy (non-hydrogen) atoms. The molecule has 0 bridgehead atoms. The molecule has 0 radical (unpaired) electrons. The Balaban J connectivity index is 2.34. The summed E-state index contributed by atoms with van der Waals surface area (Å²) in [6.07, 6.45) is 5.18. The molecule has 3 nitrogen and oxygen atoms in total. The van der Waals surface area contributed by atoms with Crippen LogP contribution in [0, 0.1) is 0 Å². The minimum Gasteiger partial charge on any atom is -0.383 e. The molecule has 4 heteroatoms. The zero-order valence-corrected chi connectivity index (χ0v) is 10.6. The minimum atomic E-state index is 0.579. The van der Waals surface area contributed by atoms with E-state index in [2.05, 4.69) is 17.1 Å². The van der Waals surface area contributed by atoms with Crippen LogP contribution in [0.4, 0.5) is 0 Å². The van der Waals surface area contributed by atoms with E-state index in [0.29, 0.717) is 12.6 Å². The molecule has 1 saturated heterocycles. The Bertz CT molecular complexity index is 199. The summed E-state index contributed by atoms with van der Waals surface area (Å²) in [5.74, 6) is 0. The van der Waals surface area contributed by atoms with Gasteiger partial charge in [-0.1, -0.05) is 12.8 Å². The summed E-state index contributed by atoms with van der Waals surface area (Å²) in [7, 11) is 1.71. The fraction of sp³-hybridized carbons (Fsp3) is 0.909. The first-order valence-corrected chi connectivity index (χ1v) is 6.20. The van der Waals surface area contributed by atoms with Gasteiger partial charge in [0.2, 0.25) is 0 Å². The van der Waals surface area contributed by atoms with Crippen LogP contribution in [0.1, 0.15) is 32.6 Å². The van der Waals surface area contributed by atoms with E-state index in [1.54, 1.807) is 7.11 Å². The van der Waals surface area contributed by atoms with Crippen LogP contribution in [-0.4, -0.2) is 42.9 Å². The van der Waals surface area contributed by atoms with Crippen molar-refractivity contribution in [2.45, 2.75) is 38.6 Å². The lowest BCUT2D eigenvalue weighted by Crippen LogP contribution is -2.45. The molecule has 1 rings (SSSR count). The maximum atomic E-state index is 5.38. The van der Waals surface area contributed by atoms with Crippen LogP contribution in [0.3, 0.4) is 0 Å². The largest absolute Gasteiger partial charge is 0.383 e. The van der Waals surface area contributed by atoms with Gasteiger partial charge in [-0.05, 0) is 32.0 Å². The normalized spacial score (nSPS) is 22.3. The highest BCUT2D eigenvalue weighted by atomic mass is 32.1. The van der Waals surface area contributed by atoms with Crippen LogP contribution in [0.15, 0.2) is 0 Å². The second-order valence-corrected chi connectivity index (χ2v) is 4.50. The number of methoxy groups -OCH3 is 1. The van der Waals surface area contributed by atoms with Gasteiger partial charge in [-0.25, -0.2) is 0 Å². The van der Waals surface area contributed by atoms with Gasteiger partial charge in [0.1, 0.15) is 0 Å². The molecule has 0 spiro atoms. The van der Waals surface area contributed by atoms with Crippen LogP contribution in [-0.2, 0) is 4.74 Å². The van der Waals surface area contributed by atoms with E-state index < -0.39 is 0 Å². The summed E-state index contributed by atoms with van der Waals surface area (Å²) < 4.78 is 4.99. The third-order valence-corrected chi connectivity index (χ3v) is 3.28. The lowest BCUT2D eigenvalue weighted by molar-refractivity contribution is 0.202. The van der Waals surface area contributed by atoms with Crippen LogP contribution in [0.25, 0.3) is 0 Å². The molecule has 1 fully saturated rings. The van der Waals surface area contributed by atoms with E-state index >= 15 is 0 Å². The smallest absolute Gasteiger partial charge is 0.169 e. The van der Waals surface area contributed by atoms with E-state index in [1.807, 2.05) is 0 Å². The van der Waals surface area contributed by atoms with Crippen molar-refractivity contribution >= 4 is 17.3 Å². The summed E-state index contributed by atoms with van der Waals surface area (Å²) in [5.41, 5.74) is 0. The maximum Gasteiger partial charge on any atom is 0.169 e. The Kier molecular flexibility index (Phi) is 5.95. The lowest BCUT2D eigenvalue weighted by Gasteiger charge is -2.30. The van der Waals surface area contributed by atoms with E-state index in [4.69, 9.17) is 17.0 Å². The van der Waals surface area contributed by atoms with Crippen LogP contribution < -0.4 is 5.32 Å². The average Bonchev–Trinajstić information content (AvgIpc) is 2.43. The molecule has 1 unspecified atom stereocenters. The molecule has 0 aromatic rings. The Labute approximate surface area is 98.2 Å². The molecule has 0 amide bonds. The Morgan fingerprint density at radius 3 is 3.00 bits per heavy atom. The van der Waals surface area contributed by atoms with Crippen molar-refractivity contribution in [2.75, 3.05) is 26.8 Å². The number of nitrogens with zero attached hydrogens (tertiary/aromatic N) is 1. The van der Waals surface area contributed by atoms with Gasteiger partial charge >= 0.3 is 0 Å². The van der Waals surface area contributed by atoms with E-state index in [-0.39, 0.29) is 0 Å². The summed E-state index contributed by atoms with van der Waals surface area (Å²) in [4.78, 5) is 2.32. The first-order valence-electron chi connectivity index (χ1n) is 5.79. The van der Waals surface area contributed by atoms with E-state index in [9.17, 15) is 0 Å². The predicted molar refractivity (Wildman–Crippen MR) is 67.1 cm³/mol. The Morgan fingerprint density at radius 1 is 1.47 bits per heavy atom. The molecular weight excluding hydrogens is 208 g/mol. The van der Waals surface area contributed by atoms with Gasteiger partial charge < -0.3 is 15.0 Å². The maximum absolute atomic E-state index is 5.38. The standard InChI is InChI=1S/C11H22N2OS/c1-10-6-4-3-5-8-13(10)11(15)12-7-9-14-2/h10H,3-9H2,1-2H3,(H,12,15). The van der Waals surface area contributed by atoms with Crippen molar-refractivity contribution in [3.8, 4) is 0 Å². The fourth-order valence-corrected chi connectivity index (χ4v) is 2.31. The van der Waals surface area contributed by atoms with E-state index in [0.717, 1.165) is 18.2 Å². The van der Waals surface area contributed by atoms with Gasteiger partial charge in [0.25, 0.3) is 0 Å². The number of likely N-dealkylation sites (tertiary alicyclic amines) is 1. The molecule has 0 aromatic carbocycles. The second-order valence-electron chi connectivity index (χ2n) is 4.12. The van der Waals surface area contributed by atoms with Crippen molar-refractivity contribution in [3.63, 3.8) is 0 Å². The number of nitrogens with one attached hydrogen (secondary N) is 1. The monoisotopic (exact) mass is 230 g/mol. The van der Waals surface area contributed by atoms with Gasteiger partial charge in [-0.3, -0.25) is 0 Å². The van der Waals surface area contributed by atoms with Gasteiger partial charge in [-0.15, -0.1) is 0 Å². The predicted octanol–water partition coefficient (Wildman–Crippen LogP) is 1.77. The van der Waals surface area contributed by atoms with Crippen molar-refractivity contribution in [2.24, 2.45) is 0 Å². The number of hydrogen-bond donors (Lipinski definition) is 1. The summed E-state index contributed by atoms with van der Waals surface area (Å²) in [5, 5.41) is 4.13. The molecule has 0 aliphatic carbocycles. The third kappa shape index (κ3) is 4.34. The topological polar surface area (TPSA) is 24.5 Å². The molecule has 0 aromatic heterocycles. The molecule has 1 aliphatic heterocycles. The molecule has 0 saturated carbocycles. The summed E-state index contributed by atoms with van der Waals surface area (Å²) >= 11 is 5.38. The second kappa shape index (κ2) is 7.01. The quantitative estimate of drug-likeness (QED) is 0.590. The average molecular weight is 230 g/mol. The zero-order chi connectivity index (χ0) is 11.1. The Morgan fingerprint density at radius 2 is 2.27 bits per heavy atom. The molecule has 1 aliphatic rings. The first-order chi connectivity index (χ1) is 7.25. The van der Waals surface area contributed by atoms with Crippen LogP contribution >= 0.6 is 12.2 Å². The highest BCUT2D eigenvalue weighted by Gasteiger charge is 2.18. The molecule has 88 valence electrons. The molecule has 1 heterocycles. The van der Waals surface area contributed by atoms with Crippen molar-refractivity contribution in [1.82, 2.24) is 10.2 Å². The van der Waals surface area contributed by atoms with Gasteiger partial charge in [0.15, 0.2) is 5.11 Å². The molecule has 1 atom stereocenters. The van der Waals surface area contributed by atoms with Gasteiger partial charge in [0.05, 0.1) is 6.61 Å². The fourth-order valence-electron chi connectivity index (χ4n) is 1.94. The number of ether oxygens (including phenoxy) is 1. The van der Waals surface area contributed by atoms with Crippen molar-refractivity contribution < 1.29 is 4.74 Å². The number of thiocarbonyl (C=S) groups is 1. The highest BCUT2D eigenvalue weighted by molar-refractivity contribution is 7.80. The van der Waals surface area contributed by atoms with Crippen molar-refractivity contribution in [1.29, 1.82) is 0 Å². The Hall–Kier alpha value is -0.350. The SMILES string of the molecule is COCCNC(=S)N1CCCCCC1C.